The van der Waals surface area contributed by atoms with Crippen molar-refractivity contribution in [2.24, 2.45) is 0 Å². The topological polar surface area (TPSA) is 48.9 Å². The molecule has 2 fully saturated rings. The second-order valence-electron chi connectivity index (χ2n) is 8.05. The van der Waals surface area contributed by atoms with Crippen molar-refractivity contribution >= 4 is 41.9 Å². The molecule has 0 spiro atoms. The van der Waals surface area contributed by atoms with Crippen LogP contribution in [0.5, 0.6) is 0 Å². The van der Waals surface area contributed by atoms with Crippen LogP contribution in [0, 0.1) is 0 Å². The zero-order valence-electron chi connectivity index (χ0n) is 16.7. The van der Waals surface area contributed by atoms with Crippen molar-refractivity contribution in [2.75, 3.05) is 44.2 Å². The van der Waals surface area contributed by atoms with Gasteiger partial charge < -0.3 is 0 Å². The number of piperazine rings is 1. The van der Waals surface area contributed by atoms with Crippen LogP contribution in [-0.4, -0.2) is 57.8 Å². The molecule has 2 atom stereocenters. The third kappa shape index (κ3) is 4.31. The maximum absolute atomic E-state index is 12.9. The maximum atomic E-state index is 12.9. The van der Waals surface area contributed by atoms with E-state index in [1.165, 1.54) is 28.3 Å². The molecule has 2 bridgehead atoms. The standard InChI is InChI=1S/C21H25I2N4O2S/c22-23-26-10-8-25(9-11-26)16-1-2-18-15-4-7-27(20(13-15)19(18)14-16)21(28)29-12-5-17-3-6-24-30-17/h1-3,6,14-15,20H,4-5,7-13H2/q-1. The number of nitrogens with zero attached hydrogens (tertiary/aromatic N) is 4. The molecular weight excluding hydrogens is 626 g/mol. The average molecular weight is 651 g/mol. The number of amides is 1. The normalized spacial score (nSPS) is 23.6. The van der Waals surface area contributed by atoms with Crippen molar-refractivity contribution in [3.8, 4) is 0 Å². The summed E-state index contributed by atoms with van der Waals surface area (Å²) in [6, 6.07) is 9.13. The Kier molecular flexibility index (Phi) is 6.68. The number of likely N-dealkylation sites (tertiary alicyclic amines) is 1. The summed E-state index contributed by atoms with van der Waals surface area (Å²) in [7, 11) is 0. The Morgan fingerprint density at radius 3 is 2.83 bits per heavy atom. The second kappa shape index (κ2) is 9.45. The van der Waals surface area contributed by atoms with Gasteiger partial charge in [-0.25, -0.2) is 4.37 Å². The Morgan fingerprint density at radius 1 is 1.20 bits per heavy atom. The number of benzene rings is 1. The van der Waals surface area contributed by atoms with E-state index in [-0.39, 0.29) is 29.6 Å². The van der Waals surface area contributed by atoms with Crippen LogP contribution in [0.4, 0.5) is 10.5 Å². The van der Waals surface area contributed by atoms with Crippen molar-refractivity contribution < 1.29 is 27.0 Å². The zero-order valence-corrected chi connectivity index (χ0v) is 21.8. The molecule has 5 rings (SSSR count). The van der Waals surface area contributed by atoms with E-state index in [0.717, 1.165) is 56.9 Å². The number of hydrogen-bond donors (Lipinski definition) is 0. The van der Waals surface area contributed by atoms with Gasteiger partial charge in [-0.1, -0.05) is 0 Å². The quantitative estimate of drug-likeness (QED) is 0.360. The molecule has 30 heavy (non-hydrogen) atoms. The molecule has 6 nitrogen and oxygen atoms in total. The summed E-state index contributed by atoms with van der Waals surface area (Å²) in [5.74, 6) is 0.584. The number of carbonyl (C=O) groups excluding carboxylic acids is 1. The van der Waals surface area contributed by atoms with E-state index in [2.05, 4.69) is 49.2 Å². The predicted octanol–water partition coefficient (Wildman–Crippen LogP) is 1.23. The molecule has 2 unspecified atom stereocenters. The molecule has 0 saturated carbocycles. The number of aromatic nitrogens is 1. The minimum absolute atomic E-state index is 0.163. The number of rotatable bonds is 5. The predicted molar refractivity (Wildman–Crippen MR) is 123 cm³/mol. The fourth-order valence-corrected chi connectivity index (χ4v) is 8.67. The van der Waals surface area contributed by atoms with E-state index in [9.17, 15) is 4.79 Å². The van der Waals surface area contributed by atoms with Crippen LogP contribution in [0.15, 0.2) is 30.5 Å². The van der Waals surface area contributed by atoms with Crippen molar-refractivity contribution in [3.05, 3.63) is 46.5 Å². The van der Waals surface area contributed by atoms with Crippen LogP contribution in [0.1, 0.15) is 40.8 Å². The molecule has 1 aromatic carbocycles. The average Bonchev–Trinajstić information content (AvgIpc) is 3.40. The molecule has 9 heteroatoms. The molecule has 1 aromatic heterocycles. The summed E-state index contributed by atoms with van der Waals surface area (Å²) >= 11 is 4.19. The van der Waals surface area contributed by atoms with Crippen LogP contribution in [0.2, 0.25) is 0 Å². The molecule has 2 saturated heterocycles. The first kappa shape index (κ1) is 21.2. The SMILES string of the molecule is O=C(OCCc1ccns1)N1CCC2CC1c1cc(N3CCN([I-]I)CC3)ccc12. The van der Waals surface area contributed by atoms with E-state index in [0.29, 0.717) is 12.5 Å². The molecule has 1 aliphatic carbocycles. The fraction of sp³-hybridized carbons (Fsp3) is 0.524. The Hall–Kier alpha value is -0.660. The third-order valence-electron chi connectivity index (χ3n) is 6.45. The molecule has 0 radical (unpaired) electrons. The molecule has 162 valence electrons. The summed E-state index contributed by atoms with van der Waals surface area (Å²) < 4.78 is 12.3. The fourth-order valence-electron chi connectivity index (χ4n) is 4.88. The summed E-state index contributed by atoms with van der Waals surface area (Å²) in [4.78, 5) is 18.5. The molecule has 2 aliphatic heterocycles. The Balaban J connectivity index is 1.27. The van der Waals surface area contributed by atoms with Gasteiger partial charge in [-0.05, 0) is 17.6 Å². The summed E-state index contributed by atoms with van der Waals surface area (Å²) in [5, 5.41) is 0. The van der Waals surface area contributed by atoms with Crippen LogP contribution in [-0.2, 0) is 11.2 Å². The molecule has 2 aromatic rings. The van der Waals surface area contributed by atoms with Gasteiger partial charge in [0, 0.05) is 17.5 Å². The number of piperidine rings is 1. The van der Waals surface area contributed by atoms with Crippen molar-refractivity contribution in [1.29, 1.82) is 0 Å². The second-order valence-corrected chi connectivity index (χ2v) is 13.1. The Morgan fingerprint density at radius 2 is 2.07 bits per heavy atom. The van der Waals surface area contributed by atoms with E-state index in [4.69, 9.17) is 4.74 Å². The van der Waals surface area contributed by atoms with Crippen LogP contribution in [0.25, 0.3) is 0 Å². The monoisotopic (exact) mass is 651 g/mol. The number of fused-ring (bicyclic) bond motifs is 5. The van der Waals surface area contributed by atoms with Crippen molar-refractivity contribution in [2.45, 2.75) is 31.2 Å². The van der Waals surface area contributed by atoms with Crippen LogP contribution < -0.4 is 22.4 Å². The number of anilines is 1. The molecule has 0 N–H and O–H groups in total. The van der Waals surface area contributed by atoms with Gasteiger partial charge >= 0.3 is 164 Å². The van der Waals surface area contributed by atoms with Crippen LogP contribution in [0.3, 0.4) is 0 Å². The van der Waals surface area contributed by atoms with Crippen molar-refractivity contribution in [1.82, 2.24) is 12.4 Å². The number of carbonyl (C=O) groups is 1. The third-order valence-corrected chi connectivity index (χ3v) is 12.2. The van der Waals surface area contributed by atoms with Crippen molar-refractivity contribution in [3.63, 3.8) is 0 Å². The first-order valence-electron chi connectivity index (χ1n) is 10.5. The molecule has 3 heterocycles. The Labute approximate surface area is 201 Å². The van der Waals surface area contributed by atoms with E-state index in [1.807, 2.05) is 11.0 Å². The van der Waals surface area contributed by atoms with Gasteiger partial charge in [0.05, 0.1) is 0 Å². The first-order valence-corrected chi connectivity index (χ1v) is 18.5. The van der Waals surface area contributed by atoms with Gasteiger partial charge in [0.2, 0.25) is 0 Å². The van der Waals surface area contributed by atoms with Gasteiger partial charge in [-0.15, -0.1) is 0 Å². The van der Waals surface area contributed by atoms with Gasteiger partial charge in [0.1, 0.15) is 0 Å². The van der Waals surface area contributed by atoms with Gasteiger partial charge in [0.15, 0.2) is 0 Å². The zero-order chi connectivity index (χ0) is 20.5. The summed E-state index contributed by atoms with van der Waals surface area (Å²) in [6.45, 7) is 5.73. The number of ether oxygens (including phenoxy) is 1. The van der Waals surface area contributed by atoms with Gasteiger partial charge in [0.25, 0.3) is 0 Å². The molecule has 1 amide bonds. The van der Waals surface area contributed by atoms with E-state index in [1.54, 1.807) is 6.20 Å². The summed E-state index contributed by atoms with van der Waals surface area (Å²) in [5.41, 5.74) is 4.10. The molecular formula is C21H25I2N4O2S-. The molecule has 3 aliphatic rings. The first-order chi connectivity index (χ1) is 14.7. The summed E-state index contributed by atoms with van der Waals surface area (Å²) in [6.07, 6.45) is 4.44. The minimum atomic E-state index is -0.166. The van der Waals surface area contributed by atoms with E-state index >= 15 is 0 Å². The number of hydrogen-bond acceptors (Lipinski definition) is 6. The Bertz CT molecular complexity index is 889. The number of halogens is 2. The van der Waals surface area contributed by atoms with Gasteiger partial charge in [-0.2, -0.15) is 0 Å². The van der Waals surface area contributed by atoms with E-state index < -0.39 is 0 Å². The van der Waals surface area contributed by atoms with Crippen LogP contribution >= 0.6 is 30.1 Å². The van der Waals surface area contributed by atoms with Gasteiger partial charge in [-0.3, -0.25) is 0 Å².